The van der Waals surface area contributed by atoms with E-state index in [0.29, 0.717) is 17.2 Å². The monoisotopic (exact) mass is 397 g/mol. The summed E-state index contributed by atoms with van der Waals surface area (Å²) < 4.78 is 7.02. The third-order valence-corrected chi connectivity index (χ3v) is 5.04. The topological polar surface area (TPSA) is 89.3 Å². The maximum absolute atomic E-state index is 12.9. The molecular weight excluding hydrogens is 370 g/mol. The van der Waals surface area contributed by atoms with Crippen molar-refractivity contribution in [3.8, 4) is 0 Å². The minimum atomic E-state index is -0.471. The van der Waals surface area contributed by atoms with E-state index in [4.69, 9.17) is 4.74 Å². The lowest BCUT2D eigenvalue weighted by molar-refractivity contribution is -0.139. The third-order valence-electron chi connectivity index (χ3n) is 5.04. The average Bonchev–Trinajstić information content (AvgIpc) is 3.19. The third kappa shape index (κ3) is 4.16. The lowest BCUT2D eigenvalue weighted by Gasteiger charge is -2.35. The van der Waals surface area contributed by atoms with Crippen LogP contribution < -0.4 is 10.2 Å². The number of anilines is 1. The first-order chi connectivity index (χ1) is 14.0. The molecule has 1 N–H and O–H groups in total. The number of hydrogen-bond donors (Lipinski definition) is 1. The summed E-state index contributed by atoms with van der Waals surface area (Å²) in [6.07, 6.45) is 2.27. The highest BCUT2D eigenvalue weighted by Crippen LogP contribution is 2.38. The predicted molar refractivity (Wildman–Crippen MR) is 109 cm³/mol. The molecule has 8 nitrogen and oxygen atoms in total. The smallest absolute Gasteiger partial charge is 0.338 e. The Labute approximate surface area is 170 Å². The highest BCUT2D eigenvalue weighted by atomic mass is 16.5. The summed E-state index contributed by atoms with van der Waals surface area (Å²) in [5, 5.41) is 7.32. The molecular formula is C21H27N5O3. The van der Waals surface area contributed by atoms with Crippen LogP contribution >= 0.6 is 0 Å². The lowest BCUT2D eigenvalue weighted by Crippen LogP contribution is -2.44. The van der Waals surface area contributed by atoms with Gasteiger partial charge in [0.2, 0.25) is 11.9 Å². The number of carbonyl (C=O) groups is 2. The maximum atomic E-state index is 12.9. The lowest BCUT2D eigenvalue weighted by atomic mass is 9.95. The van der Waals surface area contributed by atoms with E-state index < -0.39 is 12.0 Å². The first-order valence-electron chi connectivity index (χ1n) is 9.87. The number of nitrogens with one attached hydrogen (secondary N) is 1. The van der Waals surface area contributed by atoms with Crippen molar-refractivity contribution in [1.82, 2.24) is 20.1 Å². The molecule has 2 aromatic rings. The molecule has 2 heterocycles. The second kappa shape index (κ2) is 8.89. The zero-order chi connectivity index (χ0) is 21.0. The molecule has 2 atom stereocenters. The summed E-state index contributed by atoms with van der Waals surface area (Å²) >= 11 is 0. The van der Waals surface area contributed by atoms with Crippen LogP contribution in [0.3, 0.4) is 0 Å². The Morgan fingerprint density at radius 1 is 1.24 bits per heavy atom. The molecule has 1 aliphatic heterocycles. The van der Waals surface area contributed by atoms with Gasteiger partial charge in [-0.05, 0) is 32.8 Å². The van der Waals surface area contributed by atoms with Crippen molar-refractivity contribution in [1.29, 1.82) is 0 Å². The summed E-state index contributed by atoms with van der Waals surface area (Å²) in [6, 6.07) is 9.21. The van der Waals surface area contributed by atoms with E-state index in [2.05, 4.69) is 15.4 Å². The van der Waals surface area contributed by atoms with Gasteiger partial charge in [-0.1, -0.05) is 37.3 Å². The van der Waals surface area contributed by atoms with Gasteiger partial charge < -0.3 is 15.0 Å². The Morgan fingerprint density at radius 2 is 1.97 bits per heavy atom. The fraction of sp³-hybridized carbons (Fsp3) is 0.429. The van der Waals surface area contributed by atoms with E-state index in [1.807, 2.05) is 51.1 Å². The van der Waals surface area contributed by atoms with E-state index in [1.54, 1.807) is 16.5 Å². The SMILES string of the molecule is CCOC(=O)C1=C(C)N(CC(=O)N[C@H](C)CC)c2ncnn2[C@H]1c1ccccc1. The number of esters is 1. The van der Waals surface area contributed by atoms with E-state index in [9.17, 15) is 9.59 Å². The van der Waals surface area contributed by atoms with Crippen LogP contribution in [-0.4, -0.2) is 45.8 Å². The van der Waals surface area contributed by atoms with Crippen LogP contribution in [0.25, 0.3) is 0 Å². The number of benzene rings is 1. The number of amides is 1. The molecule has 0 saturated carbocycles. The minimum Gasteiger partial charge on any atom is -0.463 e. The van der Waals surface area contributed by atoms with Crippen LogP contribution in [0, 0.1) is 0 Å². The minimum absolute atomic E-state index is 0.0410. The number of ether oxygens (including phenoxy) is 1. The number of hydrogen-bond acceptors (Lipinski definition) is 6. The van der Waals surface area contributed by atoms with Gasteiger partial charge in [-0.2, -0.15) is 10.1 Å². The number of aromatic nitrogens is 3. The van der Waals surface area contributed by atoms with Crippen LogP contribution in [0.15, 0.2) is 47.9 Å². The maximum Gasteiger partial charge on any atom is 0.338 e. The molecule has 29 heavy (non-hydrogen) atoms. The Morgan fingerprint density at radius 3 is 2.62 bits per heavy atom. The van der Waals surface area contributed by atoms with Gasteiger partial charge in [0.1, 0.15) is 18.9 Å². The predicted octanol–water partition coefficient (Wildman–Crippen LogP) is 2.44. The van der Waals surface area contributed by atoms with Crippen molar-refractivity contribution in [2.24, 2.45) is 0 Å². The Balaban J connectivity index is 2.06. The molecule has 0 fully saturated rings. The fourth-order valence-corrected chi connectivity index (χ4v) is 3.40. The van der Waals surface area contributed by atoms with Gasteiger partial charge in [-0.25, -0.2) is 9.48 Å². The van der Waals surface area contributed by atoms with Crippen molar-refractivity contribution in [2.45, 2.75) is 46.2 Å². The molecule has 0 saturated heterocycles. The highest BCUT2D eigenvalue weighted by molar-refractivity contribution is 5.93. The quantitative estimate of drug-likeness (QED) is 0.722. The molecule has 0 bridgehead atoms. The van der Waals surface area contributed by atoms with Crippen LogP contribution in [0.4, 0.5) is 5.95 Å². The first-order valence-corrected chi connectivity index (χ1v) is 9.87. The molecule has 0 radical (unpaired) electrons. The van der Waals surface area contributed by atoms with Crippen molar-refractivity contribution >= 4 is 17.8 Å². The zero-order valence-electron chi connectivity index (χ0n) is 17.3. The largest absolute Gasteiger partial charge is 0.463 e. The van der Waals surface area contributed by atoms with Crippen molar-refractivity contribution in [3.05, 3.63) is 53.5 Å². The molecule has 1 aromatic carbocycles. The van der Waals surface area contributed by atoms with Gasteiger partial charge in [-0.15, -0.1) is 0 Å². The molecule has 3 rings (SSSR count). The molecule has 1 aromatic heterocycles. The van der Waals surface area contributed by atoms with Crippen molar-refractivity contribution in [2.75, 3.05) is 18.1 Å². The number of nitrogens with zero attached hydrogens (tertiary/aromatic N) is 4. The summed E-state index contributed by atoms with van der Waals surface area (Å²) in [4.78, 5) is 31.6. The van der Waals surface area contributed by atoms with Crippen molar-refractivity contribution in [3.63, 3.8) is 0 Å². The van der Waals surface area contributed by atoms with Crippen LogP contribution in [-0.2, 0) is 14.3 Å². The van der Waals surface area contributed by atoms with Gasteiger partial charge >= 0.3 is 5.97 Å². The standard InChI is InChI=1S/C21H27N5O3/c1-5-14(3)24-17(27)12-25-15(4)18(20(28)29-6-2)19(16-10-8-7-9-11-16)26-21(25)22-13-23-26/h7-11,13-14,19H,5-6,12H2,1-4H3,(H,24,27)/t14-,19+/m1/s1. The molecule has 8 heteroatoms. The second-order valence-electron chi connectivity index (χ2n) is 7.00. The van der Waals surface area contributed by atoms with E-state index in [1.165, 1.54) is 6.33 Å². The molecule has 0 unspecified atom stereocenters. The van der Waals surface area contributed by atoms with Crippen LogP contribution in [0.1, 0.15) is 45.7 Å². The van der Waals surface area contributed by atoms with Gasteiger partial charge in [-0.3, -0.25) is 4.79 Å². The summed E-state index contributed by atoms with van der Waals surface area (Å²) in [6.45, 7) is 7.85. The molecule has 0 spiro atoms. The first kappa shape index (κ1) is 20.6. The van der Waals surface area contributed by atoms with Gasteiger partial charge in [0.25, 0.3) is 0 Å². The van der Waals surface area contributed by atoms with E-state index >= 15 is 0 Å². The van der Waals surface area contributed by atoms with Gasteiger partial charge in [0.15, 0.2) is 0 Å². The number of rotatable bonds is 7. The normalized spacial score (nSPS) is 17.0. The average molecular weight is 397 g/mol. The van der Waals surface area contributed by atoms with E-state index in [0.717, 1.165) is 12.0 Å². The highest BCUT2D eigenvalue weighted by Gasteiger charge is 2.38. The van der Waals surface area contributed by atoms with Gasteiger partial charge in [0.05, 0.1) is 12.2 Å². The number of allylic oxidation sites excluding steroid dienone is 1. The van der Waals surface area contributed by atoms with Gasteiger partial charge in [0, 0.05) is 11.7 Å². The van der Waals surface area contributed by atoms with Crippen LogP contribution in [0.2, 0.25) is 0 Å². The van der Waals surface area contributed by atoms with Crippen LogP contribution in [0.5, 0.6) is 0 Å². The Kier molecular flexibility index (Phi) is 6.31. The Bertz CT molecular complexity index is 906. The van der Waals surface area contributed by atoms with E-state index in [-0.39, 0.29) is 25.1 Å². The number of fused-ring (bicyclic) bond motifs is 1. The summed E-state index contributed by atoms with van der Waals surface area (Å²) in [5.41, 5.74) is 1.98. The molecule has 154 valence electrons. The zero-order valence-corrected chi connectivity index (χ0v) is 17.3. The molecule has 1 aliphatic rings. The second-order valence-corrected chi connectivity index (χ2v) is 7.00. The summed E-state index contributed by atoms with van der Waals surface area (Å²) in [5.74, 6) is -0.0503. The fourth-order valence-electron chi connectivity index (χ4n) is 3.40. The molecule has 1 amide bonds. The molecule has 0 aliphatic carbocycles. The summed E-state index contributed by atoms with van der Waals surface area (Å²) in [7, 11) is 0. The van der Waals surface area contributed by atoms with Crippen molar-refractivity contribution < 1.29 is 14.3 Å². The number of carbonyl (C=O) groups excluding carboxylic acids is 2. The Hall–Kier alpha value is -3.16.